The van der Waals surface area contributed by atoms with E-state index in [0.717, 1.165) is 45.0 Å². The van der Waals surface area contributed by atoms with Gasteiger partial charge < -0.3 is 10.2 Å². The highest BCUT2D eigenvalue weighted by Crippen LogP contribution is 2.12. The molecular formula is C22H32FN3. The predicted octanol–water partition coefficient (Wildman–Crippen LogP) is 4.47. The van der Waals surface area contributed by atoms with E-state index in [9.17, 15) is 4.39 Å². The number of nitrogens with one attached hydrogen (secondary N) is 1. The van der Waals surface area contributed by atoms with Crippen LogP contribution >= 0.6 is 0 Å². The van der Waals surface area contributed by atoms with Gasteiger partial charge in [0.25, 0.3) is 0 Å². The Kier molecular flexibility index (Phi) is 8.59. The van der Waals surface area contributed by atoms with Gasteiger partial charge in [-0.05, 0) is 49.8 Å². The van der Waals surface area contributed by atoms with E-state index >= 15 is 0 Å². The molecule has 0 radical (unpaired) electrons. The Bertz CT molecular complexity index is 611. The molecule has 0 amide bonds. The van der Waals surface area contributed by atoms with Crippen LogP contribution in [-0.4, -0.2) is 48.6 Å². The van der Waals surface area contributed by atoms with E-state index in [1.165, 1.54) is 17.7 Å². The first kappa shape index (κ1) is 20.4. The molecule has 0 bridgehead atoms. The number of rotatable bonds is 11. The van der Waals surface area contributed by atoms with Gasteiger partial charge in [0.15, 0.2) is 0 Å². The van der Waals surface area contributed by atoms with Crippen LogP contribution in [0.5, 0.6) is 0 Å². The molecule has 2 aromatic carbocycles. The van der Waals surface area contributed by atoms with Crippen LogP contribution in [0.1, 0.15) is 26.3 Å². The number of nitrogens with zero attached hydrogens (tertiary/aromatic N) is 2. The van der Waals surface area contributed by atoms with Crippen molar-refractivity contribution in [1.29, 1.82) is 0 Å². The summed E-state index contributed by atoms with van der Waals surface area (Å²) in [6, 6.07) is 17.5. The van der Waals surface area contributed by atoms with Gasteiger partial charge in [0.2, 0.25) is 0 Å². The van der Waals surface area contributed by atoms with Crippen molar-refractivity contribution < 1.29 is 4.39 Å². The maximum atomic E-state index is 13.1. The van der Waals surface area contributed by atoms with Crippen LogP contribution in [0, 0.1) is 5.82 Å². The number of likely N-dealkylation sites (N-methyl/N-ethyl adjacent to an activating group) is 1. The molecule has 4 heteroatoms. The third kappa shape index (κ3) is 7.14. The average molecular weight is 358 g/mol. The molecule has 142 valence electrons. The topological polar surface area (TPSA) is 18.5 Å². The van der Waals surface area contributed by atoms with Gasteiger partial charge in [-0.15, -0.1) is 0 Å². The van der Waals surface area contributed by atoms with Crippen molar-refractivity contribution in [2.24, 2.45) is 0 Å². The fraction of sp³-hybridized carbons (Fsp3) is 0.455. The monoisotopic (exact) mass is 357 g/mol. The number of anilines is 1. The van der Waals surface area contributed by atoms with E-state index in [4.69, 9.17) is 0 Å². The lowest BCUT2D eigenvalue weighted by molar-refractivity contribution is 0.204. The first-order chi connectivity index (χ1) is 12.6. The SMILES string of the molecule is CCN(CC)CCN(Cc1ccccc1)CC(C)Nc1ccc(F)cc1. The van der Waals surface area contributed by atoms with Crippen LogP contribution in [0.15, 0.2) is 54.6 Å². The maximum Gasteiger partial charge on any atom is 0.123 e. The lowest BCUT2D eigenvalue weighted by atomic mass is 10.2. The highest BCUT2D eigenvalue weighted by atomic mass is 19.1. The van der Waals surface area contributed by atoms with Crippen LogP contribution in [0.3, 0.4) is 0 Å². The van der Waals surface area contributed by atoms with E-state index in [0.29, 0.717) is 0 Å². The van der Waals surface area contributed by atoms with Gasteiger partial charge in [-0.2, -0.15) is 0 Å². The van der Waals surface area contributed by atoms with E-state index in [2.05, 4.69) is 66.2 Å². The minimum atomic E-state index is -0.201. The highest BCUT2D eigenvalue weighted by molar-refractivity contribution is 5.43. The molecule has 1 atom stereocenters. The molecule has 0 heterocycles. The molecule has 0 saturated carbocycles. The molecule has 0 spiro atoms. The van der Waals surface area contributed by atoms with Crippen LogP contribution in [0.2, 0.25) is 0 Å². The Morgan fingerprint density at radius 2 is 1.50 bits per heavy atom. The summed E-state index contributed by atoms with van der Waals surface area (Å²) in [5.41, 5.74) is 2.29. The number of halogens is 1. The van der Waals surface area contributed by atoms with Crippen molar-refractivity contribution in [2.75, 3.05) is 38.0 Å². The fourth-order valence-electron chi connectivity index (χ4n) is 3.16. The molecule has 2 rings (SSSR count). The third-order valence-electron chi connectivity index (χ3n) is 4.67. The lowest BCUT2D eigenvalue weighted by Crippen LogP contribution is -2.40. The zero-order valence-corrected chi connectivity index (χ0v) is 16.3. The third-order valence-corrected chi connectivity index (χ3v) is 4.67. The molecule has 0 aromatic heterocycles. The second-order valence-electron chi connectivity index (χ2n) is 6.80. The Morgan fingerprint density at radius 3 is 2.12 bits per heavy atom. The van der Waals surface area contributed by atoms with E-state index in [-0.39, 0.29) is 11.9 Å². The zero-order chi connectivity index (χ0) is 18.8. The summed E-state index contributed by atoms with van der Waals surface area (Å²) in [4.78, 5) is 4.95. The smallest absolute Gasteiger partial charge is 0.123 e. The minimum absolute atomic E-state index is 0.201. The molecule has 0 aliphatic carbocycles. The first-order valence-electron chi connectivity index (χ1n) is 9.61. The molecule has 2 aromatic rings. The molecule has 26 heavy (non-hydrogen) atoms. The van der Waals surface area contributed by atoms with Crippen LogP contribution in [-0.2, 0) is 6.54 Å². The predicted molar refractivity (Wildman–Crippen MR) is 109 cm³/mol. The summed E-state index contributed by atoms with van der Waals surface area (Å²) in [5, 5.41) is 3.48. The second kappa shape index (κ2) is 10.9. The Labute approximate surface area is 157 Å². The van der Waals surface area contributed by atoms with Gasteiger partial charge in [0.05, 0.1) is 0 Å². The molecule has 0 fully saturated rings. The van der Waals surface area contributed by atoms with Gasteiger partial charge in [0, 0.05) is 37.9 Å². The Hall–Kier alpha value is -1.91. The molecule has 3 nitrogen and oxygen atoms in total. The largest absolute Gasteiger partial charge is 0.381 e. The van der Waals surface area contributed by atoms with E-state index in [1.807, 2.05) is 0 Å². The van der Waals surface area contributed by atoms with Crippen molar-refractivity contribution in [1.82, 2.24) is 9.80 Å². The van der Waals surface area contributed by atoms with Gasteiger partial charge in [-0.25, -0.2) is 4.39 Å². The minimum Gasteiger partial charge on any atom is -0.381 e. The quantitative estimate of drug-likeness (QED) is 0.640. The summed E-state index contributed by atoms with van der Waals surface area (Å²) < 4.78 is 13.1. The van der Waals surface area contributed by atoms with Crippen molar-refractivity contribution >= 4 is 5.69 Å². The van der Waals surface area contributed by atoms with Crippen LogP contribution in [0.25, 0.3) is 0 Å². The van der Waals surface area contributed by atoms with Crippen molar-refractivity contribution in [3.05, 3.63) is 66.0 Å². The zero-order valence-electron chi connectivity index (χ0n) is 16.3. The number of benzene rings is 2. The van der Waals surface area contributed by atoms with Gasteiger partial charge in [-0.1, -0.05) is 44.2 Å². The van der Waals surface area contributed by atoms with E-state index in [1.54, 1.807) is 12.1 Å². The Morgan fingerprint density at radius 1 is 0.885 bits per heavy atom. The van der Waals surface area contributed by atoms with Gasteiger partial charge in [0.1, 0.15) is 5.82 Å². The summed E-state index contributed by atoms with van der Waals surface area (Å²) in [6.45, 7) is 12.8. The summed E-state index contributed by atoms with van der Waals surface area (Å²) >= 11 is 0. The second-order valence-corrected chi connectivity index (χ2v) is 6.80. The molecule has 0 aliphatic heterocycles. The first-order valence-corrected chi connectivity index (χ1v) is 9.61. The molecule has 1 unspecified atom stereocenters. The summed E-state index contributed by atoms with van der Waals surface area (Å²) in [5.74, 6) is -0.201. The summed E-state index contributed by atoms with van der Waals surface area (Å²) in [6.07, 6.45) is 0. The number of hydrogen-bond donors (Lipinski definition) is 1. The fourth-order valence-corrected chi connectivity index (χ4v) is 3.16. The summed E-state index contributed by atoms with van der Waals surface area (Å²) in [7, 11) is 0. The van der Waals surface area contributed by atoms with Crippen LogP contribution < -0.4 is 5.32 Å². The molecule has 0 aliphatic rings. The lowest BCUT2D eigenvalue weighted by Gasteiger charge is -2.29. The average Bonchev–Trinajstić information content (AvgIpc) is 2.65. The van der Waals surface area contributed by atoms with Gasteiger partial charge in [-0.3, -0.25) is 4.90 Å². The molecule has 1 N–H and O–H groups in total. The Balaban J connectivity index is 1.95. The maximum absolute atomic E-state index is 13.1. The molecular weight excluding hydrogens is 325 g/mol. The highest BCUT2D eigenvalue weighted by Gasteiger charge is 2.12. The molecule has 0 saturated heterocycles. The van der Waals surface area contributed by atoms with E-state index < -0.39 is 0 Å². The standard InChI is InChI=1S/C22H32FN3/c1-4-25(5-2)15-16-26(18-20-9-7-6-8-10-20)17-19(3)24-22-13-11-21(23)12-14-22/h6-14,19,24H,4-5,15-18H2,1-3H3. The van der Waals surface area contributed by atoms with Crippen molar-refractivity contribution in [3.8, 4) is 0 Å². The number of hydrogen-bond acceptors (Lipinski definition) is 3. The van der Waals surface area contributed by atoms with Crippen molar-refractivity contribution in [3.63, 3.8) is 0 Å². The van der Waals surface area contributed by atoms with Crippen LogP contribution in [0.4, 0.5) is 10.1 Å². The van der Waals surface area contributed by atoms with Crippen molar-refractivity contribution in [2.45, 2.75) is 33.4 Å². The van der Waals surface area contributed by atoms with Gasteiger partial charge >= 0.3 is 0 Å². The normalized spacial score (nSPS) is 12.5.